The van der Waals surface area contributed by atoms with Crippen LogP contribution in [0.25, 0.3) is 11.4 Å². The Kier molecular flexibility index (Phi) is 4.37. The lowest BCUT2D eigenvalue weighted by molar-refractivity contribution is 0.681. The number of rotatable bonds is 7. The molecule has 4 rings (SSSR count). The number of pyridine rings is 1. The van der Waals surface area contributed by atoms with Gasteiger partial charge in [0.15, 0.2) is 5.82 Å². The third kappa shape index (κ3) is 3.65. The molecule has 0 amide bonds. The predicted molar refractivity (Wildman–Crippen MR) is 95.1 cm³/mol. The summed E-state index contributed by atoms with van der Waals surface area (Å²) in [5, 5.41) is 11.7. The van der Waals surface area contributed by atoms with Crippen molar-refractivity contribution in [1.82, 2.24) is 29.7 Å². The zero-order valence-corrected chi connectivity index (χ0v) is 14.3. The number of anilines is 1. The smallest absolute Gasteiger partial charge is 0.161 e. The van der Waals surface area contributed by atoms with Crippen molar-refractivity contribution in [2.24, 2.45) is 0 Å². The highest BCUT2D eigenvalue weighted by atomic mass is 15.3. The van der Waals surface area contributed by atoms with Gasteiger partial charge in [-0.25, -0.2) is 9.97 Å². The van der Waals surface area contributed by atoms with Crippen LogP contribution in [0.1, 0.15) is 37.3 Å². The van der Waals surface area contributed by atoms with E-state index in [0.29, 0.717) is 6.04 Å². The number of nitrogens with zero attached hydrogens (tertiary/aromatic N) is 6. The van der Waals surface area contributed by atoms with Gasteiger partial charge in [-0.1, -0.05) is 6.92 Å². The van der Waals surface area contributed by atoms with Crippen LogP contribution in [0.3, 0.4) is 0 Å². The molecule has 1 N–H and O–H groups in total. The Morgan fingerprint density at radius 2 is 2.04 bits per heavy atom. The maximum Gasteiger partial charge on any atom is 0.161 e. The zero-order chi connectivity index (χ0) is 17.1. The van der Waals surface area contributed by atoms with E-state index >= 15 is 0 Å². The van der Waals surface area contributed by atoms with Gasteiger partial charge in [0.05, 0.1) is 0 Å². The van der Waals surface area contributed by atoms with Crippen LogP contribution in [0.15, 0.2) is 36.9 Å². The largest absolute Gasteiger partial charge is 0.369 e. The van der Waals surface area contributed by atoms with Gasteiger partial charge < -0.3 is 9.88 Å². The van der Waals surface area contributed by atoms with Crippen molar-refractivity contribution < 1.29 is 0 Å². The summed E-state index contributed by atoms with van der Waals surface area (Å²) >= 11 is 0. The highest BCUT2D eigenvalue weighted by Gasteiger charge is 2.25. The molecular weight excluding hydrogens is 314 g/mol. The van der Waals surface area contributed by atoms with E-state index in [-0.39, 0.29) is 0 Å². The molecule has 3 aromatic rings. The summed E-state index contributed by atoms with van der Waals surface area (Å²) in [6, 6.07) is 6.47. The molecule has 1 fully saturated rings. The topological polar surface area (TPSA) is 81.4 Å². The molecule has 0 unspecified atom stereocenters. The standard InChI is InChI=1S/C18H21N7/c1-2-14-11-16(23-18(22-14)13-5-8-19-9-6-13)20-10-7-17-24-21-12-25(17)15-3-4-15/h5-6,8-9,11-12,15H,2-4,7,10H2,1H3,(H,20,22,23). The summed E-state index contributed by atoms with van der Waals surface area (Å²) < 4.78 is 2.20. The molecule has 7 nitrogen and oxygen atoms in total. The van der Waals surface area contributed by atoms with Crippen LogP contribution in [0.5, 0.6) is 0 Å². The molecule has 0 radical (unpaired) electrons. The van der Waals surface area contributed by atoms with Gasteiger partial charge in [0.1, 0.15) is 18.0 Å². The molecule has 0 saturated heterocycles. The monoisotopic (exact) mass is 335 g/mol. The fourth-order valence-corrected chi connectivity index (χ4v) is 2.80. The van der Waals surface area contributed by atoms with E-state index < -0.39 is 0 Å². The van der Waals surface area contributed by atoms with Gasteiger partial charge in [0, 0.05) is 48.7 Å². The van der Waals surface area contributed by atoms with Crippen LogP contribution >= 0.6 is 0 Å². The first kappa shape index (κ1) is 15.7. The maximum absolute atomic E-state index is 4.65. The molecule has 1 aliphatic rings. The fourth-order valence-electron chi connectivity index (χ4n) is 2.80. The van der Waals surface area contributed by atoms with Gasteiger partial charge in [0.25, 0.3) is 0 Å². The Labute approximate surface area is 146 Å². The van der Waals surface area contributed by atoms with Crippen LogP contribution in [-0.4, -0.2) is 36.3 Å². The second-order valence-electron chi connectivity index (χ2n) is 6.22. The Morgan fingerprint density at radius 3 is 2.80 bits per heavy atom. The number of hydrogen-bond donors (Lipinski definition) is 1. The maximum atomic E-state index is 4.65. The van der Waals surface area contributed by atoms with Crippen LogP contribution in [-0.2, 0) is 12.8 Å². The van der Waals surface area contributed by atoms with Crippen LogP contribution in [0, 0.1) is 0 Å². The molecule has 1 saturated carbocycles. The number of nitrogens with one attached hydrogen (secondary N) is 1. The highest BCUT2D eigenvalue weighted by molar-refractivity contribution is 5.56. The molecule has 0 bridgehead atoms. The van der Waals surface area contributed by atoms with Crippen molar-refractivity contribution in [2.45, 2.75) is 38.6 Å². The molecule has 1 aliphatic carbocycles. The van der Waals surface area contributed by atoms with E-state index in [2.05, 4.69) is 42.0 Å². The molecule has 3 heterocycles. The van der Waals surface area contributed by atoms with E-state index in [1.807, 2.05) is 24.5 Å². The van der Waals surface area contributed by atoms with Gasteiger partial charge >= 0.3 is 0 Å². The van der Waals surface area contributed by atoms with E-state index in [4.69, 9.17) is 0 Å². The number of aryl methyl sites for hydroxylation is 1. The van der Waals surface area contributed by atoms with E-state index in [0.717, 1.165) is 48.1 Å². The van der Waals surface area contributed by atoms with Gasteiger partial charge in [-0.05, 0) is 31.4 Å². The lowest BCUT2D eigenvalue weighted by Gasteiger charge is -2.10. The van der Waals surface area contributed by atoms with Gasteiger partial charge in [0.2, 0.25) is 0 Å². The Hall–Kier alpha value is -2.83. The molecule has 0 atom stereocenters. The molecule has 7 heteroatoms. The first-order valence-electron chi connectivity index (χ1n) is 8.74. The summed E-state index contributed by atoms with van der Waals surface area (Å²) in [5.41, 5.74) is 1.99. The molecule has 0 aromatic carbocycles. The average Bonchev–Trinajstić information content (AvgIpc) is 3.41. The van der Waals surface area contributed by atoms with Crippen molar-refractivity contribution in [3.8, 4) is 11.4 Å². The summed E-state index contributed by atoms with van der Waals surface area (Å²) in [7, 11) is 0. The van der Waals surface area contributed by atoms with E-state index in [9.17, 15) is 0 Å². The molecule has 25 heavy (non-hydrogen) atoms. The highest BCUT2D eigenvalue weighted by Crippen LogP contribution is 2.35. The lowest BCUT2D eigenvalue weighted by Crippen LogP contribution is -2.11. The normalized spacial score (nSPS) is 13.8. The Morgan fingerprint density at radius 1 is 1.20 bits per heavy atom. The quantitative estimate of drug-likeness (QED) is 0.715. The van der Waals surface area contributed by atoms with Crippen molar-refractivity contribution in [3.63, 3.8) is 0 Å². The lowest BCUT2D eigenvalue weighted by atomic mass is 10.2. The van der Waals surface area contributed by atoms with E-state index in [1.165, 1.54) is 12.8 Å². The van der Waals surface area contributed by atoms with Gasteiger partial charge in [-0.3, -0.25) is 4.98 Å². The van der Waals surface area contributed by atoms with Gasteiger partial charge in [-0.15, -0.1) is 10.2 Å². The minimum Gasteiger partial charge on any atom is -0.369 e. The molecule has 0 spiro atoms. The van der Waals surface area contributed by atoms with Crippen molar-refractivity contribution >= 4 is 5.82 Å². The number of aromatic nitrogens is 6. The zero-order valence-electron chi connectivity index (χ0n) is 14.3. The molecule has 3 aromatic heterocycles. The second-order valence-corrected chi connectivity index (χ2v) is 6.22. The summed E-state index contributed by atoms with van der Waals surface area (Å²) in [4.78, 5) is 13.3. The average molecular weight is 335 g/mol. The molecular formula is C18H21N7. The van der Waals surface area contributed by atoms with E-state index in [1.54, 1.807) is 12.4 Å². The van der Waals surface area contributed by atoms with Gasteiger partial charge in [-0.2, -0.15) is 0 Å². The van der Waals surface area contributed by atoms with Crippen molar-refractivity contribution in [1.29, 1.82) is 0 Å². The molecule has 0 aliphatic heterocycles. The van der Waals surface area contributed by atoms with Crippen LogP contribution in [0.2, 0.25) is 0 Å². The SMILES string of the molecule is CCc1cc(NCCc2nncn2C2CC2)nc(-c2ccncc2)n1. The first-order chi connectivity index (χ1) is 12.3. The van der Waals surface area contributed by atoms with Crippen LogP contribution < -0.4 is 5.32 Å². The van der Waals surface area contributed by atoms with Crippen LogP contribution in [0.4, 0.5) is 5.82 Å². The second kappa shape index (κ2) is 6.96. The summed E-state index contributed by atoms with van der Waals surface area (Å²) in [6.07, 6.45) is 9.52. The Bertz CT molecular complexity index is 840. The predicted octanol–water partition coefficient (Wildman–Crippen LogP) is 2.68. The Balaban J connectivity index is 1.47. The summed E-state index contributed by atoms with van der Waals surface area (Å²) in [6.45, 7) is 2.86. The number of hydrogen-bond acceptors (Lipinski definition) is 6. The first-order valence-corrected chi connectivity index (χ1v) is 8.74. The summed E-state index contributed by atoms with van der Waals surface area (Å²) in [5.74, 6) is 2.61. The fraction of sp³-hybridized carbons (Fsp3) is 0.389. The van der Waals surface area contributed by atoms with Crippen molar-refractivity contribution in [2.75, 3.05) is 11.9 Å². The third-order valence-corrected chi connectivity index (χ3v) is 4.32. The minimum atomic E-state index is 0.606. The van der Waals surface area contributed by atoms with Crippen molar-refractivity contribution in [3.05, 3.63) is 48.4 Å². The third-order valence-electron chi connectivity index (χ3n) is 4.32. The molecule has 128 valence electrons. The minimum absolute atomic E-state index is 0.606.